The summed E-state index contributed by atoms with van der Waals surface area (Å²) < 4.78 is 6.11. The normalized spacial score (nSPS) is 18.0. The number of hydrogen-bond donors (Lipinski definition) is 0. The molecule has 0 saturated carbocycles. The largest absolute Gasteiger partial charge is 0.117 e. The number of hydrogen-bond acceptors (Lipinski definition) is 6. The summed E-state index contributed by atoms with van der Waals surface area (Å²) >= 11 is 19.5. The first kappa shape index (κ1) is 24.5. The highest BCUT2D eigenvalue weighted by Gasteiger charge is 2.29. The molecule has 0 aliphatic carbocycles. The minimum atomic E-state index is 0.961. The molecule has 2 heterocycles. The van der Waals surface area contributed by atoms with Crippen LogP contribution in [-0.4, -0.2) is 22.2 Å². The Balaban J connectivity index is 1.99. The molecule has 2 aliphatic heterocycles. The Labute approximate surface area is 201 Å². The van der Waals surface area contributed by atoms with Crippen molar-refractivity contribution in [1.82, 2.24) is 0 Å². The van der Waals surface area contributed by atoms with E-state index < -0.39 is 0 Å². The average molecular weight is 595 g/mol. The van der Waals surface area contributed by atoms with Crippen LogP contribution in [0.5, 0.6) is 0 Å². The van der Waals surface area contributed by atoms with Gasteiger partial charge in [0.1, 0.15) is 0 Å². The van der Waals surface area contributed by atoms with E-state index in [2.05, 4.69) is 69.2 Å². The van der Waals surface area contributed by atoms with E-state index in [-0.39, 0.29) is 0 Å². The maximum atomic E-state index is 3.65. The maximum Gasteiger partial charge on any atom is 0.0717 e. The molecule has 0 saturated heterocycles. The molecule has 0 aromatic heterocycles. The van der Waals surface area contributed by atoms with Gasteiger partial charge in [-0.15, -0.1) is 23.5 Å². The number of unbranched alkanes of at least 4 members (excludes halogenated alkanes) is 4. The van der Waals surface area contributed by atoms with E-state index in [1.165, 1.54) is 68.3 Å². The summed E-state index contributed by atoms with van der Waals surface area (Å²) in [7, 11) is 0. The second-order valence-electron chi connectivity index (χ2n) is 5.78. The van der Waals surface area contributed by atoms with Gasteiger partial charge in [0, 0.05) is 20.5 Å². The monoisotopic (exact) mass is 592 g/mol. The Hall–Kier alpha value is 2.28. The van der Waals surface area contributed by atoms with Crippen LogP contribution in [0.15, 0.2) is 26.8 Å². The second-order valence-corrected chi connectivity index (χ2v) is 14.4. The van der Waals surface area contributed by atoms with Gasteiger partial charge in [-0.25, -0.2) is 0 Å². The van der Waals surface area contributed by atoms with Crippen LogP contribution >= 0.6 is 102 Å². The molecule has 0 bridgehead atoms. The highest BCUT2D eigenvalue weighted by atomic mass is 79.9. The van der Waals surface area contributed by atoms with Crippen molar-refractivity contribution in [2.24, 2.45) is 0 Å². The highest BCUT2D eigenvalue weighted by molar-refractivity contribution is 9.09. The summed E-state index contributed by atoms with van der Waals surface area (Å²) in [5, 5.41) is 1.92. The molecule has 26 heavy (non-hydrogen) atoms. The molecule has 148 valence electrons. The van der Waals surface area contributed by atoms with E-state index in [1.54, 1.807) is 8.47 Å². The minimum Gasteiger partial charge on any atom is -0.117 e. The maximum absolute atomic E-state index is 3.65. The summed E-state index contributed by atoms with van der Waals surface area (Å²) in [5.41, 5.74) is 0. The summed E-state index contributed by atoms with van der Waals surface area (Å²) in [4.78, 5) is 2.94. The van der Waals surface area contributed by atoms with Crippen molar-refractivity contribution < 1.29 is 0 Å². The molecule has 8 heteroatoms. The molecule has 0 N–H and O–H groups in total. The topological polar surface area (TPSA) is 0 Å². The van der Waals surface area contributed by atoms with Crippen LogP contribution in [0.1, 0.15) is 52.4 Å². The van der Waals surface area contributed by atoms with Crippen molar-refractivity contribution >= 4 is 102 Å². The lowest BCUT2D eigenvalue weighted by molar-refractivity contribution is 0.779. The third kappa shape index (κ3) is 7.84. The number of halogens is 2. The third-order valence-corrected chi connectivity index (χ3v) is 14.4. The van der Waals surface area contributed by atoms with Crippen molar-refractivity contribution in [3.8, 4) is 0 Å². The molecular formula is C18H26Br2S6. The Kier molecular flexibility index (Phi) is 13.5. The van der Waals surface area contributed by atoms with Crippen molar-refractivity contribution in [1.29, 1.82) is 0 Å². The van der Waals surface area contributed by atoms with Gasteiger partial charge >= 0.3 is 0 Å². The Morgan fingerprint density at radius 1 is 0.654 bits per heavy atom. The van der Waals surface area contributed by atoms with Gasteiger partial charge in [0.05, 0.1) is 16.9 Å². The molecule has 0 nitrogen and oxygen atoms in total. The molecule has 0 aromatic rings. The molecule has 0 radical (unpaired) electrons. The molecule has 0 amide bonds. The van der Waals surface area contributed by atoms with E-state index in [0.717, 1.165) is 10.7 Å². The van der Waals surface area contributed by atoms with Crippen molar-refractivity contribution in [2.75, 3.05) is 22.2 Å². The molecule has 0 spiro atoms. The smallest absolute Gasteiger partial charge is 0.0717 e. The molecule has 0 atom stereocenters. The third-order valence-electron chi connectivity index (χ3n) is 3.65. The zero-order valence-electron chi connectivity index (χ0n) is 15.3. The predicted molar refractivity (Wildman–Crippen MR) is 143 cm³/mol. The Morgan fingerprint density at radius 2 is 1.08 bits per heavy atom. The molecule has 0 aromatic carbocycles. The van der Waals surface area contributed by atoms with Crippen LogP contribution in [0, 0.1) is 0 Å². The van der Waals surface area contributed by atoms with Crippen LogP contribution in [0.2, 0.25) is 0 Å². The molecular weight excluding hydrogens is 568 g/mol. The van der Waals surface area contributed by atoms with Crippen LogP contribution in [0.4, 0.5) is 0 Å². The standard InChI is InChI=1S/C18H26Br2S6/c1-3-5-7-9-21-15-16(22-10-8-6-4-2)26-18(25-15)17-23-13(11-19)14(12-20)24-17/h3-12H2,1-2H3. The second kappa shape index (κ2) is 14.3. The van der Waals surface area contributed by atoms with Gasteiger partial charge in [0.25, 0.3) is 0 Å². The fourth-order valence-corrected chi connectivity index (χ4v) is 12.7. The van der Waals surface area contributed by atoms with Gasteiger partial charge in [-0.2, -0.15) is 0 Å². The molecule has 0 unspecified atom stereocenters. The van der Waals surface area contributed by atoms with Crippen LogP contribution in [0.25, 0.3) is 0 Å². The van der Waals surface area contributed by atoms with Crippen LogP contribution in [0.3, 0.4) is 0 Å². The first-order valence-corrected chi connectivity index (χ1v) is 16.5. The Bertz CT molecular complexity index is 512. The zero-order chi connectivity index (χ0) is 18.8. The summed E-state index contributed by atoms with van der Waals surface area (Å²) in [6, 6.07) is 0. The summed E-state index contributed by atoms with van der Waals surface area (Å²) in [6.07, 6.45) is 7.98. The fraction of sp³-hybridized carbons (Fsp3) is 0.667. The van der Waals surface area contributed by atoms with Crippen molar-refractivity contribution in [3.63, 3.8) is 0 Å². The van der Waals surface area contributed by atoms with E-state index in [1.807, 2.05) is 47.0 Å². The van der Waals surface area contributed by atoms with E-state index in [9.17, 15) is 0 Å². The van der Waals surface area contributed by atoms with Gasteiger partial charge in [-0.05, 0) is 24.3 Å². The van der Waals surface area contributed by atoms with Gasteiger partial charge in [0.2, 0.25) is 0 Å². The molecule has 2 rings (SSSR count). The lowest BCUT2D eigenvalue weighted by atomic mass is 10.3. The van der Waals surface area contributed by atoms with Crippen LogP contribution in [-0.2, 0) is 0 Å². The average Bonchev–Trinajstić information content (AvgIpc) is 3.26. The minimum absolute atomic E-state index is 0.961. The lowest BCUT2D eigenvalue weighted by Gasteiger charge is -2.04. The SMILES string of the molecule is CCCCCSC1=C(SCCCCC)SC(=C2SC(CBr)=C(CBr)S2)S1. The van der Waals surface area contributed by atoms with Gasteiger partial charge in [0.15, 0.2) is 0 Å². The van der Waals surface area contributed by atoms with Gasteiger partial charge < -0.3 is 0 Å². The highest BCUT2D eigenvalue weighted by Crippen LogP contribution is 2.63. The predicted octanol–water partition coefficient (Wildman–Crippen LogP) is 10.0. The molecule has 0 fully saturated rings. The first-order chi connectivity index (χ1) is 12.7. The van der Waals surface area contributed by atoms with Gasteiger partial charge in [-0.1, -0.05) is 118 Å². The quantitative estimate of drug-likeness (QED) is 0.162. The van der Waals surface area contributed by atoms with E-state index >= 15 is 0 Å². The summed E-state index contributed by atoms with van der Waals surface area (Å²) in [6.45, 7) is 4.57. The van der Waals surface area contributed by atoms with Crippen LogP contribution < -0.4 is 0 Å². The number of thioether (sulfide) groups is 6. The van der Waals surface area contributed by atoms with E-state index in [0.29, 0.717) is 0 Å². The zero-order valence-corrected chi connectivity index (χ0v) is 23.3. The fourth-order valence-electron chi connectivity index (χ4n) is 2.21. The van der Waals surface area contributed by atoms with E-state index in [4.69, 9.17) is 0 Å². The number of allylic oxidation sites excluding steroid dienone is 2. The first-order valence-electron chi connectivity index (χ1n) is 9.02. The molecule has 2 aliphatic rings. The number of rotatable bonds is 12. The van der Waals surface area contributed by atoms with Crippen molar-refractivity contribution in [2.45, 2.75) is 52.4 Å². The van der Waals surface area contributed by atoms with Gasteiger partial charge in [-0.3, -0.25) is 0 Å². The lowest BCUT2D eigenvalue weighted by Crippen LogP contribution is -1.82. The summed E-state index contributed by atoms with van der Waals surface area (Å²) in [5.74, 6) is 2.52. The van der Waals surface area contributed by atoms with Crippen molar-refractivity contribution in [3.05, 3.63) is 26.8 Å². The Morgan fingerprint density at radius 3 is 1.46 bits per heavy atom. The number of alkyl halides is 2.